The van der Waals surface area contributed by atoms with Gasteiger partial charge in [-0.1, -0.05) is 0 Å². The van der Waals surface area contributed by atoms with Crippen molar-refractivity contribution in [3.05, 3.63) is 34.7 Å². The van der Waals surface area contributed by atoms with E-state index in [0.29, 0.717) is 31.8 Å². The van der Waals surface area contributed by atoms with E-state index in [4.69, 9.17) is 25.0 Å². The monoisotopic (exact) mass is 337 g/mol. The van der Waals surface area contributed by atoms with Crippen LogP contribution >= 0.6 is 8.60 Å². The molecule has 1 aliphatic rings. The Kier molecular flexibility index (Phi) is 8.50. The Morgan fingerprint density at radius 2 is 1.74 bits per heavy atom. The molecule has 0 atom stereocenters. The quantitative estimate of drug-likeness (QED) is 0.396. The number of nitriles is 2. The molecule has 0 saturated carbocycles. The molecule has 0 aromatic carbocycles. The van der Waals surface area contributed by atoms with Gasteiger partial charge in [0.1, 0.15) is 17.7 Å². The van der Waals surface area contributed by atoms with Crippen LogP contribution in [0.2, 0.25) is 0 Å². The fourth-order valence-corrected chi connectivity index (χ4v) is 2.43. The SMILES string of the molecule is CC1=CC(=C(C#N)C#N)C=C(C)N1CCOCCCOP(O)O. The van der Waals surface area contributed by atoms with Gasteiger partial charge < -0.3 is 23.9 Å². The first-order valence-corrected chi connectivity index (χ1v) is 8.23. The van der Waals surface area contributed by atoms with Gasteiger partial charge in [0.2, 0.25) is 0 Å². The normalized spacial score (nSPS) is 14.2. The predicted molar refractivity (Wildman–Crippen MR) is 85.2 cm³/mol. The van der Waals surface area contributed by atoms with Crippen molar-refractivity contribution < 1.29 is 19.0 Å². The van der Waals surface area contributed by atoms with Gasteiger partial charge in [0.05, 0.1) is 13.2 Å². The number of hydrogen-bond acceptors (Lipinski definition) is 7. The molecule has 1 heterocycles. The second-order valence-corrected chi connectivity index (χ2v) is 5.59. The van der Waals surface area contributed by atoms with Crippen molar-refractivity contribution >= 4 is 8.60 Å². The van der Waals surface area contributed by atoms with Gasteiger partial charge in [-0.3, -0.25) is 0 Å². The predicted octanol–water partition coefficient (Wildman–Crippen LogP) is 2.09. The molecular formula is C15H20N3O4P. The molecule has 1 aliphatic heterocycles. The number of hydrogen-bond donors (Lipinski definition) is 2. The van der Waals surface area contributed by atoms with Crippen LogP contribution in [0.25, 0.3) is 0 Å². The molecule has 0 spiro atoms. The molecular weight excluding hydrogens is 317 g/mol. The molecule has 23 heavy (non-hydrogen) atoms. The Hall–Kier alpha value is -1.73. The van der Waals surface area contributed by atoms with Gasteiger partial charge in [-0.05, 0) is 32.4 Å². The van der Waals surface area contributed by atoms with Crippen LogP contribution < -0.4 is 0 Å². The van der Waals surface area contributed by atoms with Gasteiger partial charge in [0.15, 0.2) is 0 Å². The van der Waals surface area contributed by atoms with Crippen molar-refractivity contribution in [2.75, 3.05) is 26.4 Å². The van der Waals surface area contributed by atoms with Crippen LogP contribution in [0.1, 0.15) is 20.3 Å². The minimum atomic E-state index is -2.29. The molecule has 0 radical (unpaired) electrons. The van der Waals surface area contributed by atoms with Crippen molar-refractivity contribution in [2.45, 2.75) is 20.3 Å². The fraction of sp³-hybridized carbons (Fsp3) is 0.467. The van der Waals surface area contributed by atoms with Crippen LogP contribution in [0.3, 0.4) is 0 Å². The van der Waals surface area contributed by atoms with E-state index in [0.717, 1.165) is 11.4 Å². The molecule has 8 heteroatoms. The van der Waals surface area contributed by atoms with Crippen molar-refractivity contribution in [2.24, 2.45) is 0 Å². The first-order chi connectivity index (χ1) is 11.0. The molecule has 1 rings (SSSR count). The van der Waals surface area contributed by atoms with Gasteiger partial charge in [0.25, 0.3) is 0 Å². The van der Waals surface area contributed by atoms with Gasteiger partial charge in [0, 0.05) is 30.1 Å². The smallest absolute Gasteiger partial charge is 0.327 e. The lowest BCUT2D eigenvalue weighted by atomic mass is 10.0. The highest BCUT2D eigenvalue weighted by Crippen LogP contribution is 2.25. The summed E-state index contributed by atoms with van der Waals surface area (Å²) in [6.45, 7) is 5.72. The van der Waals surface area contributed by atoms with E-state index in [9.17, 15) is 0 Å². The second-order valence-electron chi connectivity index (χ2n) is 4.83. The Morgan fingerprint density at radius 1 is 1.13 bits per heavy atom. The molecule has 0 bridgehead atoms. The Labute approximate surface area is 137 Å². The Morgan fingerprint density at radius 3 is 2.26 bits per heavy atom. The van der Waals surface area contributed by atoms with E-state index in [1.807, 2.05) is 43.0 Å². The van der Waals surface area contributed by atoms with Crippen molar-refractivity contribution in [1.82, 2.24) is 4.90 Å². The molecule has 0 aliphatic carbocycles. The lowest BCUT2D eigenvalue weighted by Crippen LogP contribution is -2.26. The number of nitrogens with zero attached hydrogens (tertiary/aromatic N) is 3. The van der Waals surface area contributed by atoms with Crippen molar-refractivity contribution in [1.29, 1.82) is 10.5 Å². The van der Waals surface area contributed by atoms with E-state index in [1.165, 1.54) is 0 Å². The maximum atomic E-state index is 8.93. The fourth-order valence-electron chi connectivity index (χ4n) is 2.14. The summed E-state index contributed by atoms with van der Waals surface area (Å²) in [7, 11) is -2.29. The van der Waals surface area contributed by atoms with E-state index in [-0.39, 0.29) is 12.2 Å². The zero-order valence-electron chi connectivity index (χ0n) is 13.2. The van der Waals surface area contributed by atoms with E-state index < -0.39 is 8.60 Å². The summed E-state index contributed by atoms with van der Waals surface area (Å²) in [5, 5.41) is 17.9. The number of ether oxygens (including phenoxy) is 1. The first-order valence-electron chi connectivity index (χ1n) is 7.06. The number of rotatable bonds is 8. The lowest BCUT2D eigenvalue weighted by Gasteiger charge is -2.29. The highest BCUT2D eigenvalue weighted by atomic mass is 31.2. The van der Waals surface area contributed by atoms with Gasteiger partial charge in [-0.25, -0.2) is 0 Å². The van der Waals surface area contributed by atoms with E-state index in [2.05, 4.69) is 4.52 Å². The summed E-state index contributed by atoms with van der Waals surface area (Å²) >= 11 is 0. The average Bonchev–Trinajstić information content (AvgIpc) is 2.49. The second kappa shape index (κ2) is 10.1. The largest absolute Gasteiger partial charge is 0.380 e. The standard InChI is InChI=1S/C15H20N3O4P/c1-12-8-14(15(10-16)11-17)9-13(2)18(12)4-7-21-5-3-6-22-23(19)20/h8-9,19-20H,3-7H2,1-2H3. The average molecular weight is 337 g/mol. The third-order valence-corrected chi connectivity index (χ3v) is 3.61. The molecule has 0 aromatic heterocycles. The molecule has 124 valence electrons. The third-order valence-electron chi connectivity index (χ3n) is 3.19. The molecule has 0 fully saturated rings. The minimum Gasteiger partial charge on any atom is -0.380 e. The minimum absolute atomic E-state index is 0.104. The van der Waals surface area contributed by atoms with E-state index in [1.54, 1.807) is 0 Å². The molecule has 0 unspecified atom stereocenters. The summed E-state index contributed by atoms with van der Waals surface area (Å²) in [4.78, 5) is 19.2. The molecule has 0 saturated heterocycles. The topological polar surface area (TPSA) is 110 Å². The van der Waals surface area contributed by atoms with Crippen LogP contribution in [0.4, 0.5) is 0 Å². The maximum Gasteiger partial charge on any atom is 0.327 e. The summed E-state index contributed by atoms with van der Waals surface area (Å²) in [5.74, 6) is 0. The van der Waals surface area contributed by atoms with Crippen LogP contribution in [-0.2, 0) is 9.26 Å². The third kappa shape index (κ3) is 6.50. The Bertz CT molecular complexity index is 547. The summed E-state index contributed by atoms with van der Waals surface area (Å²) in [6.07, 6.45) is 4.21. The van der Waals surface area contributed by atoms with Gasteiger partial charge >= 0.3 is 8.60 Å². The maximum absolute atomic E-state index is 8.93. The van der Waals surface area contributed by atoms with Gasteiger partial charge in [-0.2, -0.15) is 10.5 Å². The first kappa shape index (κ1) is 19.3. The van der Waals surface area contributed by atoms with Crippen LogP contribution in [-0.4, -0.2) is 41.1 Å². The van der Waals surface area contributed by atoms with E-state index >= 15 is 0 Å². The van der Waals surface area contributed by atoms with Gasteiger partial charge in [-0.15, -0.1) is 0 Å². The van der Waals surface area contributed by atoms with Crippen molar-refractivity contribution in [3.8, 4) is 12.1 Å². The van der Waals surface area contributed by atoms with Crippen molar-refractivity contribution in [3.63, 3.8) is 0 Å². The summed E-state index contributed by atoms with van der Waals surface area (Å²) < 4.78 is 10.1. The summed E-state index contributed by atoms with van der Waals surface area (Å²) in [6, 6.07) is 3.79. The molecule has 0 aromatic rings. The lowest BCUT2D eigenvalue weighted by molar-refractivity contribution is 0.106. The zero-order valence-corrected chi connectivity index (χ0v) is 14.1. The molecule has 2 N–H and O–H groups in total. The van der Waals surface area contributed by atoms with Crippen LogP contribution in [0, 0.1) is 22.7 Å². The zero-order chi connectivity index (χ0) is 17.2. The molecule has 0 amide bonds. The van der Waals surface area contributed by atoms with Crippen LogP contribution in [0.5, 0.6) is 0 Å². The number of allylic oxidation sites excluding steroid dienone is 6. The highest BCUT2D eigenvalue weighted by Gasteiger charge is 2.15. The highest BCUT2D eigenvalue weighted by molar-refractivity contribution is 7.39. The Balaban J connectivity index is 2.44. The summed E-state index contributed by atoms with van der Waals surface area (Å²) in [5.41, 5.74) is 2.62. The molecule has 7 nitrogen and oxygen atoms in total. The van der Waals surface area contributed by atoms with Crippen LogP contribution in [0.15, 0.2) is 34.7 Å².